The maximum atomic E-state index is 12.6. The summed E-state index contributed by atoms with van der Waals surface area (Å²) >= 11 is 1.09. The molecule has 9 heteroatoms. The zero-order valence-corrected chi connectivity index (χ0v) is 15.8. The van der Waals surface area contributed by atoms with E-state index in [1.54, 1.807) is 0 Å². The van der Waals surface area contributed by atoms with E-state index in [-0.39, 0.29) is 28.8 Å². The zero-order chi connectivity index (χ0) is 20.9. The lowest BCUT2D eigenvalue weighted by Crippen LogP contribution is -2.14. The highest BCUT2D eigenvalue weighted by Crippen LogP contribution is 2.30. The average molecular weight is 419 g/mol. The van der Waals surface area contributed by atoms with E-state index in [4.69, 9.17) is 0 Å². The molecule has 1 heterocycles. The second kappa shape index (κ2) is 8.87. The van der Waals surface area contributed by atoms with Crippen molar-refractivity contribution < 1.29 is 22.8 Å². The van der Waals surface area contributed by atoms with Crippen molar-refractivity contribution in [3.63, 3.8) is 0 Å². The fraction of sp³-hybridized carbons (Fsp3) is 0.150. The Labute approximate surface area is 168 Å². The first-order valence-electron chi connectivity index (χ1n) is 8.59. The number of thiazole rings is 1. The van der Waals surface area contributed by atoms with Gasteiger partial charge >= 0.3 is 6.18 Å². The number of aromatic nitrogens is 1. The lowest BCUT2D eigenvalue weighted by molar-refractivity contribution is -0.137. The highest BCUT2D eigenvalue weighted by Gasteiger charge is 2.30. The van der Waals surface area contributed by atoms with Gasteiger partial charge in [0.1, 0.15) is 5.69 Å². The molecule has 0 saturated heterocycles. The molecule has 0 unspecified atom stereocenters. The highest BCUT2D eigenvalue weighted by molar-refractivity contribution is 7.14. The third-order valence-electron chi connectivity index (χ3n) is 3.94. The number of halogens is 3. The first kappa shape index (κ1) is 20.5. The van der Waals surface area contributed by atoms with E-state index in [0.717, 1.165) is 29.0 Å². The summed E-state index contributed by atoms with van der Waals surface area (Å²) in [6, 6.07) is 13.7. The summed E-state index contributed by atoms with van der Waals surface area (Å²) in [5, 5.41) is 6.86. The van der Waals surface area contributed by atoms with Gasteiger partial charge in [-0.05, 0) is 36.2 Å². The molecular formula is C20H16F3N3O2S. The van der Waals surface area contributed by atoms with Gasteiger partial charge in [0.05, 0.1) is 5.56 Å². The number of hydrogen-bond acceptors (Lipinski definition) is 4. The summed E-state index contributed by atoms with van der Waals surface area (Å²) in [4.78, 5) is 28.3. The van der Waals surface area contributed by atoms with Crippen LogP contribution in [0.2, 0.25) is 0 Å². The first-order chi connectivity index (χ1) is 13.8. The molecule has 0 fully saturated rings. The number of carbonyl (C=O) groups excluding carboxylic acids is 2. The van der Waals surface area contributed by atoms with Crippen LogP contribution >= 0.6 is 11.3 Å². The molecular weight excluding hydrogens is 403 g/mol. The van der Waals surface area contributed by atoms with Crippen LogP contribution in [-0.2, 0) is 17.4 Å². The van der Waals surface area contributed by atoms with Gasteiger partial charge in [-0.3, -0.25) is 9.59 Å². The topological polar surface area (TPSA) is 71.1 Å². The number of rotatable bonds is 6. The van der Waals surface area contributed by atoms with Crippen LogP contribution < -0.4 is 10.6 Å². The fourth-order valence-corrected chi connectivity index (χ4v) is 3.16. The summed E-state index contributed by atoms with van der Waals surface area (Å²) in [5.74, 6) is -0.802. The monoisotopic (exact) mass is 419 g/mol. The SMILES string of the molecule is O=C(CCc1ccccc1)Nc1nc(C(=O)Nc2ccc(C(F)(F)F)cc2)cs1. The number of anilines is 2. The number of carbonyl (C=O) groups is 2. The largest absolute Gasteiger partial charge is 0.416 e. The molecule has 2 N–H and O–H groups in total. The summed E-state index contributed by atoms with van der Waals surface area (Å²) in [6.07, 6.45) is -3.58. The second-order valence-electron chi connectivity index (χ2n) is 6.10. The average Bonchev–Trinajstić information content (AvgIpc) is 3.15. The Morgan fingerprint density at radius 1 is 0.966 bits per heavy atom. The molecule has 0 aliphatic heterocycles. The molecule has 0 aliphatic carbocycles. The number of alkyl halides is 3. The standard InChI is InChI=1S/C20H16F3N3O2S/c21-20(22,23)14-7-9-15(10-8-14)24-18(28)16-12-29-19(25-16)26-17(27)11-6-13-4-2-1-3-5-13/h1-5,7-10,12H,6,11H2,(H,24,28)(H,25,26,27). The maximum absolute atomic E-state index is 12.6. The van der Waals surface area contributed by atoms with Crippen molar-refractivity contribution in [3.05, 3.63) is 76.8 Å². The molecule has 2 amide bonds. The van der Waals surface area contributed by atoms with E-state index in [1.807, 2.05) is 30.3 Å². The van der Waals surface area contributed by atoms with E-state index >= 15 is 0 Å². The fourth-order valence-electron chi connectivity index (χ4n) is 2.46. The third-order valence-corrected chi connectivity index (χ3v) is 4.69. The van der Waals surface area contributed by atoms with E-state index < -0.39 is 17.6 Å². The third kappa shape index (κ3) is 5.89. The predicted octanol–water partition coefficient (Wildman–Crippen LogP) is 4.99. The van der Waals surface area contributed by atoms with Crippen molar-refractivity contribution in [2.24, 2.45) is 0 Å². The molecule has 3 aromatic rings. The van der Waals surface area contributed by atoms with Gasteiger partial charge in [-0.25, -0.2) is 4.98 Å². The highest BCUT2D eigenvalue weighted by atomic mass is 32.1. The van der Waals surface area contributed by atoms with Gasteiger partial charge in [-0.15, -0.1) is 11.3 Å². The van der Waals surface area contributed by atoms with Crippen LogP contribution in [0.1, 0.15) is 28.0 Å². The zero-order valence-electron chi connectivity index (χ0n) is 15.0. The molecule has 0 radical (unpaired) electrons. The van der Waals surface area contributed by atoms with Crippen LogP contribution in [0.5, 0.6) is 0 Å². The van der Waals surface area contributed by atoms with Crippen LogP contribution in [0, 0.1) is 0 Å². The maximum Gasteiger partial charge on any atom is 0.416 e. The van der Waals surface area contributed by atoms with Gasteiger partial charge in [0.2, 0.25) is 5.91 Å². The molecule has 5 nitrogen and oxygen atoms in total. The van der Waals surface area contributed by atoms with E-state index in [2.05, 4.69) is 15.6 Å². The Kier molecular flexibility index (Phi) is 6.28. The van der Waals surface area contributed by atoms with Crippen LogP contribution in [0.25, 0.3) is 0 Å². The van der Waals surface area contributed by atoms with Gasteiger partial charge in [0.15, 0.2) is 5.13 Å². The number of nitrogens with zero attached hydrogens (tertiary/aromatic N) is 1. The molecule has 0 spiro atoms. The molecule has 0 atom stereocenters. The van der Waals surface area contributed by atoms with E-state index in [1.165, 1.54) is 17.5 Å². The Bertz CT molecular complexity index is 986. The molecule has 3 rings (SSSR count). The van der Waals surface area contributed by atoms with Gasteiger partial charge in [0.25, 0.3) is 5.91 Å². The van der Waals surface area contributed by atoms with Crippen LogP contribution in [-0.4, -0.2) is 16.8 Å². The summed E-state index contributed by atoms with van der Waals surface area (Å²) < 4.78 is 37.7. The lowest BCUT2D eigenvalue weighted by Gasteiger charge is -2.08. The van der Waals surface area contributed by atoms with Crippen LogP contribution in [0.3, 0.4) is 0 Å². The Morgan fingerprint density at radius 3 is 2.31 bits per heavy atom. The molecule has 0 bridgehead atoms. The molecule has 2 aromatic carbocycles. The Hall–Kier alpha value is -3.20. The van der Waals surface area contributed by atoms with Crippen molar-refractivity contribution in [2.45, 2.75) is 19.0 Å². The summed E-state index contributed by atoms with van der Waals surface area (Å²) in [5.41, 5.74) is 0.515. The van der Waals surface area contributed by atoms with Crippen molar-refractivity contribution in [1.82, 2.24) is 4.98 Å². The van der Waals surface area contributed by atoms with Crippen molar-refractivity contribution >= 4 is 34.0 Å². The number of nitrogens with one attached hydrogen (secondary N) is 2. The van der Waals surface area contributed by atoms with Crippen LogP contribution in [0.15, 0.2) is 60.0 Å². The molecule has 150 valence electrons. The normalized spacial score (nSPS) is 11.1. The number of amides is 2. The van der Waals surface area contributed by atoms with Crippen molar-refractivity contribution in [3.8, 4) is 0 Å². The Balaban J connectivity index is 1.53. The van der Waals surface area contributed by atoms with Gasteiger partial charge in [-0.2, -0.15) is 13.2 Å². The minimum absolute atomic E-state index is 0.0632. The molecule has 1 aromatic heterocycles. The van der Waals surface area contributed by atoms with Crippen LogP contribution in [0.4, 0.5) is 24.0 Å². The number of aryl methyl sites for hydroxylation is 1. The second-order valence-corrected chi connectivity index (χ2v) is 6.96. The first-order valence-corrected chi connectivity index (χ1v) is 9.47. The van der Waals surface area contributed by atoms with Crippen molar-refractivity contribution in [2.75, 3.05) is 10.6 Å². The van der Waals surface area contributed by atoms with Crippen molar-refractivity contribution in [1.29, 1.82) is 0 Å². The quantitative estimate of drug-likeness (QED) is 0.592. The smallest absolute Gasteiger partial charge is 0.321 e. The summed E-state index contributed by atoms with van der Waals surface area (Å²) in [6.45, 7) is 0. The lowest BCUT2D eigenvalue weighted by atomic mass is 10.1. The van der Waals surface area contributed by atoms with Gasteiger partial charge in [0, 0.05) is 17.5 Å². The van der Waals surface area contributed by atoms with Gasteiger partial charge < -0.3 is 10.6 Å². The number of hydrogen-bond donors (Lipinski definition) is 2. The molecule has 0 saturated carbocycles. The minimum Gasteiger partial charge on any atom is -0.321 e. The molecule has 0 aliphatic rings. The van der Waals surface area contributed by atoms with E-state index in [9.17, 15) is 22.8 Å². The molecule has 29 heavy (non-hydrogen) atoms. The Morgan fingerprint density at radius 2 is 1.66 bits per heavy atom. The predicted molar refractivity (Wildman–Crippen MR) is 105 cm³/mol. The number of benzene rings is 2. The van der Waals surface area contributed by atoms with Gasteiger partial charge in [-0.1, -0.05) is 30.3 Å². The minimum atomic E-state index is -4.44. The van der Waals surface area contributed by atoms with E-state index in [0.29, 0.717) is 6.42 Å². The summed E-state index contributed by atoms with van der Waals surface area (Å²) in [7, 11) is 0.